The highest BCUT2D eigenvalue weighted by Crippen LogP contribution is 2.43. The number of amides is 1. The van der Waals surface area contributed by atoms with Crippen LogP contribution in [0.3, 0.4) is 0 Å². The maximum atomic E-state index is 13.5. The predicted octanol–water partition coefficient (Wildman–Crippen LogP) is 6.64. The summed E-state index contributed by atoms with van der Waals surface area (Å²) in [5.74, 6) is 1.59. The third-order valence-electron chi connectivity index (χ3n) is 9.02. The number of carbonyl (C=O) groups is 2. The van der Waals surface area contributed by atoms with Gasteiger partial charge in [-0.25, -0.2) is 0 Å². The fourth-order valence-corrected chi connectivity index (χ4v) is 6.81. The molecule has 3 aliphatic heterocycles. The van der Waals surface area contributed by atoms with Crippen molar-refractivity contribution in [2.75, 3.05) is 32.8 Å². The number of Topliss-reactive ketones (excluding diaryl/α,β-unsaturated/α-hetero) is 1. The van der Waals surface area contributed by atoms with Gasteiger partial charge in [-0.1, -0.05) is 48.0 Å². The molecule has 0 radical (unpaired) electrons. The van der Waals surface area contributed by atoms with Crippen molar-refractivity contribution >= 4 is 17.3 Å². The molecule has 6 rings (SSSR count). The van der Waals surface area contributed by atoms with Crippen molar-refractivity contribution in [1.29, 1.82) is 0 Å². The van der Waals surface area contributed by atoms with Gasteiger partial charge in [0.1, 0.15) is 0 Å². The second-order valence-corrected chi connectivity index (χ2v) is 11.5. The molecule has 2 unspecified atom stereocenters. The minimum absolute atomic E-state index is 0.0741. The summed E-state index contributed by atoms with van der Waals surface area (Å²) in [5, 5.41) is 0. The fourth-order valence-electron chi connectivity index (χ4n) is 6.81. The molecule has 218 valence electrons. The maximum Gasteiger partial charge on any atom is 0.253 e. The Kier molecular flexibility index (Phi) is 8.43. The Bertz CT molecular complexity index is 1440. The van der Waals surface area contributed by atoms with Crippen molar-refractivity contribution in [1.82, 2.24) is 9.80 Å². The first kappa shape index (κ1) is 28.2. The summed E-state index contributed by atoms with van der Waals surface area (Å²) >= 11 is 0. The summed E-state index contributed by atoms with van der Waals surface area (Å²) in [4.78, 5) is 30.7. The Labute approximate surface area is 248 Å². The summed E-state index contributed by atoms with van der Waals surface area (Å²) < 4.78 is 11.6. The van der Waals surface area contributed by atoms with E-state index in [9.17, 15) is 9.59 Å². The van der Waals surface area contributed by atoms with Crippen molar-refractivity contribution in [3.8, 4) is 11.5 Å². The zero-order chi connectivity index (χ0) is 29.1. The van der Waals surface area contributed by atoms with Crippen LogP contribution in [0.2, 0.25) is 0 Å². The van der Waals surface area contributed by atoms with E-state index in [0.29, 0.717) is 56.2 Å². The van der Waals surface area contributed by atoms with Gasteiger partial charge < -0.3 is 14.4 Å². The van der Waals surface area contributed by atoms with Crippen LogP contribution in [0.4, 0.5) is 0 Å². The summed E-state index contributed by atoms with van der Waals surface area (Å²) in [6, 6.07) is 25.0. The van der Waals surface area contributed by atoms with E-state index in [1.165, 1.54) is 16.7 Å². The highest BCUT2D eigenvalue weighted by molar-refractivity contribution is 5.98. The summed E-state index contributed by atoms with van der Waals surface area (Å²) in [7, 11) is 0. The van der Waals surface area contributed by atoms with Crippen molar-refractivity contribution in [2.24, 2.45) is 0 Å². The zero-order valence-corrected chi connectivity index (χ0v) is 24.7. The van der Waals surface area contributed by atoms with Crippen LogP contribution < -0.4 is 9.47 Å². The number of piperidine rings is 1. The van der Waals surface area contributed by atoms with Gasteiger partial charge in [0.25, 0.3) is 5.91 Å². The van der Waals surface area contributed by atoms with Gasteiger partial charge in [0.15, 0.2) is 17.3 Å². The molecular weight excluding hydrogens is 524 g/mol. The van der Waals surface area contributed by atoms with Crippen molar-refractivity contribution in [3.05, 3.63) is 101 Å². The van der Waals surface area contributed by atoms with Crippen LogP contribution in [0, 0.1) is 0 Å². The number of benzene rings is 3. The molecule has 3 aromatic rings. The van der Waals surface area contributed by atoms with E-state index >= 15 is 0 Å². The molecule has 0 aromatic heterocycles. The molecule has 0 aliphatic carbocycles. The highest BCUT2D eigenvalue weighted by Gasteiger charge is 2.40. The van der Waals surface area contributed by atoms with E-state index in [-0.39, 0.29) is 11.7 Å². The standard InChI is InChI=1S/C36H40N2O4/c1-3-37(4-2)36(40)27-13-11-26(12-14-27)35(25-9-6-5-7-10-25)29-21-30-16-17-31(22-29)38(30)24-32(39)28-15-18-33-34(23-28)42-20-8-19-41-33/h5-7,9-15,18,23,30-31H,3-4,8,16-17,19-22,24H2,1-2H3. The molecule has 2 fully saturated rings. The number of carbonyl (C=O) groups excluding carboxylic acids is 2. The molecule has 1 amide bonds. The average Bonchev–Trinajstić information content (AvgIpc) is 3.18. The molecule has 2 atom stereocenters. The van der Waals surface area contributed by atoms with Gasteiger partial charge in [-0.05, 0) is 86.6 Å². The van der Waals surface area contributed by atoms with E-state index in [4.69, 9.17) is 9.47 Å². The van der Waals surface area contributed by atoms with E-state index < -0.39 is 0 Å². The van der Waals surface area contributed by atoms with E-state index in [0.717, 1.165) is 49.0 Å². The van der Waals surface area contributed by atoms with E-state index in [1.807, 2.05) is 49.1 Å². The second-order valence-electron chi connectivity index (χ2n) is 11.5. The highest BCUT2D eigenvalue weighted by atomic mass is 16.5. The number of fused-ring (bicyclic) bond motifs is 3. The number of ketones is 1. The van der Waals surface area contributed by atoms with Gasteiger partial charge in [-0.15, -0.1) is 0 Å². The van der Waals surface area contributed by atoms with Gasteiger partial charge in [-0.3, -0.25) is 14.5 Å². The van der Waals surface area contributed by atoms with Gasteiger partial charge in [0.2, 0.25) is 0 Å². The lowest BCUT2D eigenvalue weighted by molar-refractivity contribution is 0.0772. The quantitative estimate of drug-likeness (QED) is 0.287. The predicted molar refractivity (Wildman–Crippen MR) is 165 cm³/mol. The Hall–Kier alpha value is -3.90. The van der Waals surface area contributed by atoms with E-state index in [1.54, 1.807) is 0 Å². The van der Waals surface area contributed by atoms with Crippen molar-refractivity contribution < 1.29 is 19.1 Å². The van der Waals surface area contributed by atoms with Gasteiger partial charge >= 0.3 is 0 Å². The minimum Gasteiger partial charge on any atom is -0.490 e. The Morgan fingerprint density at radius 1 is 0.762 bits per heavy atom. The molecule has 0 N–H and O–H groups in total. The van der Waals surface area contributed by atoms with Crippen molar-refractivity contribution in [2.45, 2.75) is 58.0 Å². The Morgan fingerprint density at radius 2 is 1.36 bits per heavy atom. The second kappa shape index (κ2) is 12.5. The molecular formula is C36H40N2O4. The first-order valence-electron chi connectivity index (χ1n) is 15.4. The SMILES string of the molecule is CCN(CC)C(=O)c1ccc(C(=C2CC3CCC(C2)N3CC(=O)c2ccc3c(c2)OCCCO3)c2ccccc2)cc1. The maximum absolute atomic E-state index is 13.5. The van der Waals surface area contributed by atoms with Crippen LogP contribution in [0.5, 0.6) is 11.5 Å². The molecule has 3 aromatic carbocycles. The monoisotopic (exact) mass is 564 g/mol. The third kappa shape index (κ3) is 5.73. The Morgan fingerprint density at radius 3 is 2.02 bits per heavy atom. The molecule has 2 bridgehead atoms. The van der Waals surface area contributed by atoms with Crippen molar-refractivity contribution in [3.63, 3.8) is 0 Å². The summed E-state index contributed by atoms with van der Waals surface area (Å²) in [5.41, 5.74) is 6.46. The summed E-state index contributed by atoms with van der Waals surface area (Å²) in [6.45, 7) is 7.09. The lowest BCUT2D eigenvalue weighted by Crippen LogP contribution is -2.43. The van der Waals surface area contributed by atoms with Crippen LogP contribution in [0.1, 0.15) is 77.8 Å². The van der Waals surface area contributed by atoms with Crippen LogP contribution in [0.25, 0.3) is 5.57 Å². The topological polar surface area (TPSA) is 59.1 Å². The molecule has 3 aliphatic rings. The lowest BCUT2D eigenvalue weighted by atomic mass is 9.85. The number of ether oxygens (including phenoxy) is 2. The largest absolute Gasteiger partial charge is 0.490 e. The third-order valence-corrected chi connectivity index (χ3v) is 9.02. The van der Waals surface area contributed by atoms with E-state index in [2.05, 4.69) is 47.4 Å². The van der Waals surface area contributed by atoms with Crippen LogP contribution in [-0.2, 0) is 0 Å². The first-order valence-corrected chi connectivity index (χ1v) is 15.4. The molecule has 0 saturated carbocycles. The average molecular weight is 565 g/mol. The zero-order valence-electron chi connectivity index (χ0n) is 24.7. The molecule has 2 saturated heterocycles. The normalized spacial score (nSPS) is 19.7. The van der Waals surface area contributed by atoms with Gasteiger partial charge in [-0.2, -0.15) is 0 Å². The van der Waals surface area contributed by atoms with Gasteiger partial charge in [0.05, 0.1) is 19.8 Å². The lowest BCUT2D eigenvalue weighted by Gasteiger charge is -2.37. The number of hydrogen-bond acceptors (Lipinski definition) is 5. The number of hydrogen-bond donors (Lipinski definition) is 0. The summed E-state index contributed by atoms with van der Waals surface area (Å²) in [6.07, 6.45) is 4.92. The smallest absolute Gasteiger partial charge is 0.253 e. The first-order chi connectivity index (χ1) is 20.6. The van der Waals surface area contributed by atoms with Crippen LogP contribution in [0.15, 0.2) is 78.4 Å². The molecule has 3 heterocycles. The van der Waals surface area contributed by atoms with Gasteiger partial charge in [0, 0.05) is 42.7 Å². The minimum atomic E-state index is 0.0741. The Balaban J connectivity index is 1.24. The molecule has 42 heavy (non-hydrogen) atoms. The number of nitrogens with zero attached hydrogens (tertiary/aromatic N) is 2. The molecule has 6 nitrogen and oxygen atoms in total. The number of rotatable bonds is 8. The fraction of sp³-hybridized carbons (Fsp3) is 0.389. The van der Waals surface area contributed by atoms with Crippen LogP contribution >= 0.6 is 0 Å². The molecule has 0 spiro atoms. The van der Waals surface area contributed by atoms with Crippen LogP contribution in [-0.4, -0.2) is 66.4 Å². The molecule has 6 heteroatoms.